The third-order valence-corrected chi connectivity index (χ3v) is 4.51. The van der Waals surface area contributed by atoms with Crippen LogP contribution >= 0.6 is 11.6 Å². The molecule has 27 heavy (non-hydrogen) atoms. The first kappa shape index (κ1) is 19.1. The number of likely N-dealkylation sites (tertiary alicyclic amines) is 1. The summed E-state index contributed by atoms with van der Waals surface area (Å²) in [5.74, 6) is -1.07. The zero-order chi connectivity index (χ0) is 19.4. The van der Waals surface area contributed by atoms with Gasteiger partial charge in [-0.1, -0.05) is 41.9 Å². The van der Waals surface area contributed by atoms with Crippen LogP contribution in [0.2, 0.25) is 5.02 Å². The fourth-order valence-corrected chi connectivity index (χ4v) is 3.14. The minimum Gasteiger partial charge on any atom is -0.433 e. The smallest absolute Gasteiger partial charge is 0.387 e. The third-order valence-electron chi connectivity index (χ3n) is 4.22. The number of rotatable bonds is 6. The molecule has 1 fully saturated rings. The molecule has 0 unspecified atom stereocenters. The van der Waals surface area contributed by atoms with Gasteiger partial charge in [0.2, 0.25) is 11.8 Å². The van der Waals surface area contributed by atoms with Crippen molar-refractivity contribution in [1.82, 2.24) is 4.90 Å². The Morgan fingerprint density at radius 1 is 1.26 bits per heavy atom. The molecule has 1 saturated heterocycles. The van der Waals surface area contributed by atoms with Gasteiger partial charge in [-0.3, -0.25) is 9.59 Å². The highest BCUT2D eigenvalue weighted by atomic mass is 35.5. The molecule has 1 atom stereocenters. The molecule has 0 bridgehead atoms. The Hall–Kier alpha value is -2.67. The molecular weight excluding hydrogens is 378 g/mol. The molecule has 2 aromatic rings. The van der Waals surface area contributed by atoms with E-state index in [1.807, 2.05) is 30.3 Å². The molecule has 0 spiro atoms. The lowest BCUT2D eigenvalue weighted by molar-refractivity contribution is -0.128. The van der Waals surface area contributed by atoms with Crippen LogP contribution in [0.15, 0.2) is 48.5 Å². The number of hydrogen-bond acceptors (Lipinski definition) is 3. The lowest BCUT2D eigenvalue weighted by atomic mass is 10.1. The number of nitrogens with one attached hydrogen (secondary N) is 1. The minimum absolute atomic E-state index is 0.0405. The van der Waals surface area contributed by atoms with Gasteiger partial charge < -0.3 is 15.0 Å². The van der Waals surface area contributed by atoms with Crippen molar-refractivity contribution < 1.29 is 23.1 Å². The highest BCUT2D eigenvalue weighted by Crippen LogP contribution is 2.29. The number of amides is 2. The molecule has 8 heteroatoms. The van der Waals surface area contributed by atoms with Crippen LogP contribution in [0.5, 0.6) is 5.75 Å². The monoisotopic (exact) mass is 394 g/mol. The SMILES string of the molecule is O=C(Nc1ccc(OC(F)F)c(Cl)c1)[C@H]1CC(=O)N(Cc2ccccc2)C1. The first-order chi connectivity index (χ1) is 12.9. The molecule has 3 rings (SSSR count). The molecule has 1 heterocycles. The Kier molecular flexibility index (Phi) is 5.91. The molecule has 0 aromatic heterocycles. The molecule has 0 saturated carbocycles. The van der Waals surface area contributed by atoms with E-state index in [1.54, 1.807) is 4.90 Å². The molecule has 1 aliphatic rings. The van der Waals surface area contributed by atoms with Gasteiger partial charge in [-0.25, -0.2) is 0 Å². The summed E-state index contributed by atoms with van der Waals surface area (Å²) >= 11 is 5.88. The summed E-state index contributed by atoms with van der Waals surface area (Å²) < 4.78 is 28.8. The number of benzene rings is 2. The van der Waals surface area contributed by atoms with Crippen LogP contribution in [-0.2, 0) is 16.1 Å². The van der Waals surface area contributed by atoms with Crippen molar-refractivity contribution in [3.8, 4) is 5.75 Å². The molecule has 1 aliphatic heterocycles. The minimum atomic E-state index is -2.98. The predicted octanol–water partition coefficient (Wildman–Crippen LogP) is 3.93. The summed E-state index contributed by atoms with van der Waals surface area (Å²) in [5.41, 5.74) is 1.34. The van der Waals surface area contributed by atoms with Crippen molar-refractivity contribution in [2.75, 3.05) is 11.9 Å². The Bertz CT molecular complexity index is 833. The van der Waals surface area contributed by atoms with Crippen molar-refractivity contribution in [2.24, 2.45) is 5.92 Å². The molecular formula is C19H17ClF2N2O3. The van der Waals surface area contributed by atoms with Gasteiger partial charge in [0.05, 0.1) is 10.9 Å². The first-order valence-corrected chi connectivity index (χ1v) is 8.67. The summed E-state index contributed by atoms with van der Waals surface area (Å²) in [6.45, 7) is -2.21. The second-order valence-electron chi connectivity index (χ2n) is 6.17. The summed E-state index contributed by atoms with van der Waals surface area (Å²) in [4.78, 5) is 26.3. The Morgan fingerprint density at radius 2 is 2.00 bits per heavy atom. The van der Waals surface area contributed by atoms with E-state index in [0.717, 1.165) is 5.56 Å². The average molecular weight is 395 g/mol. The van der Waals surface area contributed by atoms with E-state index in [9.17, 15) is 18.4 Å². The Labute approximate surface area is 159 Å². The summed E-state index contributed by atoms with van der Waals surface area (Å²) in [6.07, 6.45) is 0.124. The normalized spacial score (nSPS) is 16.7. The van der Waals surface area contributed by atoms with Gasteiger partial charge in [0.15, 0.2) is 0 Å². The topological polar surface area (TPSA) is 58.6 Å². The molecule has 2 aromatic carbocycles. The maximum atomic E-state index is 12.4. The van der Waals surface area contributed by atoms with Crippen molar-refractivity contribution in [3.63, 3.8) is 0 Å². The zero-order valence-corrected chi connectivity index (χ0v) is 15.0. The van der Waals surface area contributed by atoms with Crippen LogP contribution in [0.3, 0.4) is 0 Å². The lowest BCUT2D eigenvalue weighted by Gasteiger charge is -2.17. The Balaban J connectivity index is 1.60. The molecule has 2 amide bonds. The lowest BCUT2D eigenvalue weighted by Crippen LogP contribution is -2.28. The number of alkyl halides is 2. The number of carbonyl (C=O) groups is 2. The fraction of sp³-hybridized carbons (Fsp3) is 0.263. The van der Waals surface area contributed by atoms with Crippen molar-refractivity contribution in [3.05, 3.63) is 59.1 Å². The Morgan fingerprint density at radius 3 is 2.67 bits per heavy atom. The van der Waals surface area contributed by atoms with Crippen LogP contribution in [0.4, 0.5) is 14.5 Å². The highest BCUT2D eigenvalue weighted by Gasteiger charge is 2.34. The number of nitrogens with zero attached hydrogens (tertiary/aromatic N) is 1. The van der Waals surface area contributed by atoms with Gasteiger partial charge in [-0.2, -0.15) is 8.78 Å². The van der Waals surface area contributed by atoms with Crippen LogP contribution in [0.25, 0.3) is 0 Å². The molecule has 142 valence electrons. The van der Waals surface area contributed by atoms with Crippen LogP contribution < -0.4 is 10.1 Å². The second-order valence-corrected chi connectivity index (χ2v) is 6.58. The van der Waals surface area contributed by atoms with Gasteiger partial charge in [0.25, 0.3) is 0 Å². The van der Waals surface area contributed by atoms with Gasteiger partial charge in [0.1, 0.15) is 5.75 Å². The largest absolute Gasteiger partial charge is 0.433 e. The summed E-state index contributed by atoms with van der Waals surface area (Å²) in [5, 5.41) is 2.62. The number of ether oxygens (including phenoxy) is 1. The average Bonchev–Trinajstić information content (AvgIpc) is 2.99. The number of carbonyl (C=O) groups excluding carboxylic acids is 2. The third kappa shape index (κ3) is 4.95. The maximum Gasteiger partial charge on any atom is 0.387 e. The highest BCUT2D eigenvalue weighted by molar-refractivity contribution is 6.32. The van der Waals surface area contributed by atoms with E-state index < -0.39 is 12.5 Å². The first-order valence-electron chi connectivity index (χ1n) is 8.29. The van der Waals surface area contributed by atoms with E-state index >= 15 is 0 Å². The quantitative estimate of drug-likeness (QED) is 0.807. The number of halogens is 3. The van der Waals surface area contributed by atoms with Crippen LogP contribution in [0.1, 0.15) is 12.0 Å². The molecule has 0 aliphatic carbocycles. The zero-order valence-electron chi connectivity index (χ0n) is 14.2. The van der Waals surface area contributed by atoms with Gasteiger partial charge in [-0.05, 0) is 23.8 Å². The molecule has 0 radical (unpaired) electrons. The maximum absolute atomic E-state index is 12.4. The summed E-state index contributed by atoms with van der Waals surface area (Å²) in [7, 11) is 0. The van der Waals surface area contributed by atoms with Crippen LogP contribution in [0, 0.1) is 5.92 Å². The van der Waals surface area contributed by atoms with Crippen molar-refractivity contribution >= 4 is 29.1 Å². The van der Waals surface area contributed by atoms with E-state index in [1.165, 1.54) is 18.2 Å². The fourth-order valence-electron chi connectivity index (χ4n) is 2.92. The van der Waals surface area contributed by atoms with Crippen molar-refractivity contribution in [1.29, 1.82) is 0 Å². The number of anilines is 1. The van der Waals surface area contributed by atoms with E-state index in [-0.39, 0.29) is 29.0 Å². The molecule has 5 nitrogen and oxygen atoms in total. The van der Waals surface area contributed by atoms with Crippen molar-refractivity contribution in [2.45, 2.75) is 19.6 Å². The molecule has 1 N–H and O–H groups in total. The van der Waals surface area contributed by atoms with E-state index in [4.69, 9.17) is 11.6 Å². The predicted molar refractivity (Wildman–Crippen MR) is 96.7 cm³/mol. The van der Waals surface area contributed by atoms with E-state index in [2.05, 4.69) is 10.1 Å². The summed E-state index contributed by atoms with van der Waals surface area (Å²) in [6, 6.07) is 13.5. The van der Waals surface area contributed by atoms with Crippen LogP contribution in [-0.4, -0.2) is 29.9 Å². The van der Waals surface area contributed by atoms with Gasteiger partial charge >= 0.3 is 6.61 Å². The van der Waals surface area contributed by atoms with Gasteiger partial charge in [-0.15, -0.1) is 0 Å². The van der Waals surface area contributed by atoms with Gasteiger partial charge in [0, 0.05) is 25.2 Å². The standard InChI is InChI=1S/C19H17ClF2N2O3/c20-15-9-14(6-7-16(15)27-19(21)22)23-18(26)13-8-17(25)24(11-13)10-12-4-2-1-3-5-12/h1-7,9,13,19H,8,10-11H2,(H,23,26)/t13-/m0/s1. The second kappa shape index (κ2) is 8.35. The number of hydrogen-bond donors (Lipinski definition) is 1. The van der Waals surface area contributed by atoms with E-state index in [0.29, 0.717) is 18.8 Å².